The van der Waals surface area contributed by atoms with E-state index >= 15 is 0 Å². The van der Waals surface area contributed by atoms with Gasteiger partial charge in [-0.15, -0.1) is 0 Å². The number of nitrogens with zero attached hydrogens (tertiary/aromatic N) is 2. The van der Waals surface area contributed by atoms with E-state index in [1.165, 1.54) is 30.8 Å². The zero-order chi connectivity index (χ0) is 21.3. The summed E-state index contributed by atoms with van der Waals surface area (Å²) in [5.74, 6) is -0.352. The first kappa shape index (κ1) is 23.9. The van der Waals surface area contributed by atoms with Gasteiger partial charge in [0.05, 0.1) is 19.3 Å². The Kier molecular flexibility index (Phi) is 9.69. The summed E-state index contributed by atoms with van der Waals surface area (Å²) in [6.07, 6.45) is 6.31. The van der Waals surface area contributed by atoms with E-state index in [-0.39, 0.29) is 12.1 Å². The molecule has 2 saturated heterocycles. The van der Waals surface area contributed by atoms with E-state index in [4.69, 9.17) is 14.2 Å². The predicted molar refractivity (Wildman–Crippen MR) is 112 cm³/mol. The fourth-order valence-corrected chi connectivity index (χ4v) is 3.83. The largest absolute Gasteiger partial charge is 0.464 e. The maximum absolute atomic E-state index is 12.6. The fourth-order valence-electron chi connectivity index (χ4n) is 3.83. The second-order valence-electron chi connectivity index (χ2n) is 9.15. The molecule has 2 rings (SSSR count). The van der Waals surface area contributed by atoms with Crippen LogP contribution in [0.1, 0.15) is 72.6 Å². The monoisotopic (exact) mass is 412 g/mol. The molecule has 2 aliphatic rings. The van der Waals surface area contributed by atoms with Crippen molar-refractivity contribution in [2.45, 2.75) is 90.4 Å². The van der Waals surface area contributed by atoms with Crippen molar-refractivity contribution in [3.63, 3.8) is 0 Å². The van der Waals surface area contributed by atoms with E-state index in [1.807, 2.05) is 20.8 Å². The van der Waals surface area contributed by atoms with Crippen LogP contribution < -0.4 is 0 Å². The van der Waals surface area contributed by atoms with E-state index in [9.17, 15) is 9.59 Å². The van der Waals surface area contributed by atoms with E-state index in [1.54, 1.807) is 0 Å². The number of rotatable bonds is 10. The highest BCUT2D eigenvalue weighted by atomic mass is 16.6. The lowest BCUT2D eigenvalue weighted by atomic mass is 10.2. The molecule has 7 heteroatoms. The third kappa shape index (κ3) is 8.51. The standard InChI is InChI=1S/C22H40N2O5/c1-5-6-9-14-28-20(25)19-16-18(17-24(19)21(26)29-22(2,3)4)27-15-10-13-23-11-7-8-12-23/h18-19H,5-17H2,1-4H3. The van der Waals surface area contributed by atoms with Crippen LogP contribution in [0.2, 0.25) is 0 Å². The highest BCUT2D eigenvalue weighted by molar-refractivity contribution is 5.82. The second-order valence-corrected chi connectivity index (χ2v) is 9.15. The minimum Gasteiger partial charge on any atom is -0.464 e. The van der Waals surface area contributed by atoms with Crippen molar-refractivity contribution in [1.82, 2.24) is 9.80 Å². The van der Waals surface area contributed by atoms with Crippen molar-refractivity contribution in [2.24, 2.45) is 0 Å². The van der Waals surface area contributed by atoms with E-state index < -0.39 is 17.7 Å². The molecule has 0 radical (unpaired) electrons. The van der Waals surface area contributed by atoms with Crippen molar-refractivity contribution < 1.29 is 23.8 Å². The number of likely N-dealkylation sites (tertiary alicyclic amines) is 2. The van der Waals surface area contributed by atoms with Gasteiger partial charge in [0, 0.05) is 19.6 Å². The van der Waals surface area contributed by atoms with Gasteiger partial charge in [-0.2, -0.15) is 0 Å². The molecule has 0 spiro atoms. The number of esters is 1. The predicted octanol–water partition coefficient (Wildman–Crippen LogP) is 3.60. The van der Waals surface area contributed by atoms with Crippen LogP contribution in [0.25, 0.3) is 0 Å². The van der Waals surface area contributed by atoms with Gasteiger partial charge in [0.1, 0.15) is 11.6 Å². The Labute approximate surface area is 176 Å². The molecule has 0 aromatic carbocycles. The Morgan fingerprint density at radius 1 is 1.03 bits per heavy atom. The van der Waals surface area contributed by atoms with Crippen molar-refractivity contribution in [3.8, 4) is 0 Å². The molecule has 1 amide bonds. The van der Waals surface area contributed by atoms with Gasteiger partial charge in [-0.3, -0.25) is 4.90 Å². The number of carbonyl (C=O) groups excluding carboxylic acids is 2. The quantitative estimate of drug-likeness (QED) is 0.403. The van der Waals surface area contributed by atoms with Gasteiger partial charge in [-0.1, -0.05) is 19.8 Å². The summed E-state index contributed by atoms with van der Waals surface area (Å²) in [5, 5.41) is 0. The van der Waals surface area contributed by atoms with Crippen LogP contribution >= 0.6 is 0 Å². The molecule has 0 aromatic heterocycles. The molecule has 168 valence electrons. The number of carbonyl (C=O) groups is 2. The van der Waals surface area contributed by atoms with E-state index in [0.29, 0.717) is 26.2 Å². The lowest BCUT2D eigenvalue weighted by molar-refractivity contribution is -0.149. The van der Waals surface area contributed by atoms with Gasteiger partial charge in [0.2, 0.25) is 0 Å². The van der Waals surface area contributed by atoms with Crippen LogP contribution in [0.15, 0.2) is 0 Å². The Hall–Kier alpha value is -1.34. The molecule has 0 aromatic rings. The molecule has 2 atom stereocenters. The van der Waals surface area contributed by atoms with Crippen LogP contribution in [-0.2, 0) is 19.0 Å². The highest BCUT2D eigenvalue weighted by Crippen LogP contribution is 2.24. The average Bonchev–Trinajstić information content (AvgIpc) is 3.30. The Morgan fingerprint density at radius 2 is 1.76 bits per heavy atom. The summed E-state index contributed by atoms with van der Waals surface area (Å²) in [5.41, 5.74) is -0.610. The van der Waals surface area contributed by atoms with Crippen LogP contribution in [-0.4, -0.2) is 79.0 Å². The van der Waals surface area contributed by atoms with Crippen LogP contribution in [0.3, 0.4) is 0 Å². The SMILES string of the molecule is CCCCCOC(=O)C1CC(OCCCN2CCCC2)CN1C(=O)OC(C)(C)C. The van der Waals surface area contributed by atoms with E-state index in [2.05, 4.69) is 11.8 Å². The second kappa shape index (κ2) is 11.7. The Bertz CT molecular complexity index is 514. The molecule has 2 heterocycles. The Balaban J connectivity index is 1.84. The summed E-state index contributed by atoms with van der Waals surface area (Å²) in [7, 11) is 0. The molecule has 2 unspecified atom stereocenters. The van der Waals surface area contributed by atoms with Crippen molar-refractivity contribution in [1.29, 1.82) is 0 Å². The lowest BCUT2D eigenvalue weighted by Crippen LogP contribution is -2.44. The topological polar surface area (TPSA) is 68.3 Å². The van der Waals surface area contributed by atoms with Crippen molar-refractivity contribution >= 4 is 12.1 Å². The summed E-state index contributed by atoms with van der Waals surface area (Å²) in [6, 6.07) is -0.630. The average molecular weight is 413 g/mol. The number of amides is 1. The maximum atomic E-state index is 12.6. The summed E-state index contributed by atoms with van der Waals surface area (Å²) >= 11 is 0. The van der Waals surface area contributed by atoms with Crippen LogP contribution in [0, 0.1) is 0 Å². The van der Waals surface area contributed by atoms with Gasteiger partial charge in [-0.25, -0.2) is 9.59 Å². The van der Waals surface area contributed by atoms with Crippen LogP contribution in [0.4, 0.5) is 4.79 Å². The van der Waals surface area contributed by atoms with Crippen molar-refractivity contribution in [3.05, 3.63) is 0 Å². The van der Waals surface area contributed by atoms with Gasteiger partial charge >= 0.3 is 12.1 Å². The first-order valence-electron chi connectivity index (χ1n) is 11.3. The van der Waals surface area contributed by atoms with Gasteiger partial charge in [-0.05, 0) is 59.5 Å². The molecular formula is C22H40N2O5. The third-order valence-electron chi connectivity index (χ3n) is 5.33. The minimum absolute atomic E-state index is 0.158. The summed E-state index contributed by atoms with van der Waals surface area (Å²) in [6.45, 7) is 12.4. The van der Waals surface area contributed by atoms with E-state index in [0.717, 1.165) is 32.2 Å². The lowest BCUT2D eigenvalue weighted by Gasteiger charge is -2.27. The molecule has 0 aliphatic carbocycles. The molecule has 0 N–H and O–H groups in total. The molecule has 2 aliphatic heterocycles. The third-order valence-corrected chi connectivity index (χ3v) is 5.33. The smallest absolute Gasteiger partial charge is 0.411 e. The number of unbranched alkanes of at least 4 members (excludes halogenated alkanes) is 2. The minimum atomic E-state index is -0.630. The summed E-state index contributed by atoms with van der Waals surface area (Å²) in [4.78, 5) is 29.2. The van der Waals surface area contributed by atoms with Gasteiger partial charge in [0.15, 0.2) is 0 Å². The molecule has 29 heavy (non-hydrogen) atoms. The normalized spacial score (nSPS) is 22.8. The van der Waals surface area contributed by atoms with Gasteiger partial charge < -0.3 is 19.1 Å². The maximum Gasteiger partial charge on any atom is 0.411 e. The number of hydrogen-bond donors (Lipinski definition) is 0. The zero-order valence-electron chi connectivity index (χ0n) is 18.8. The molecular weight excluding hydrogens is 372 g/mol. The highest BCUT2D eigenvalue weighted by Gasteiger charge is 2.42. The fraction of sp³-hybridized carbons (Fsp3) is 0.909. The van der Waals surface area contributed by atoms with Gasteiger partial charge in [0.25, 0.3) is 0 Å². The zero-order valence-corrected chi connectivity index (χ0v) is 18.8. The van der Waals surface area contributed by atoms with Crippen LogP contribution in [0.5, 0.6) is 0 Å². The summed E-state index contributed by atoms with van der Waals surface area (Å²) < 4.78 is 16.9. The Morgan fingerprint density at radius 3 is 2.41 bits per heavy atom. The van der Waals surface area contributed by atoms with Crippen molar-refractivity contribution in [2.75, 3.05) is 39.4 Å². The first-order valence-corrected chi connectivity index (χ1v) is 11.3. The molecule has 0 bridgehead atoms. The molecule has 0 saturated carbocycles. The number of ether oxygens (including phenoxy) is 3. The molecule has 2 fully saturated rings. The first-order chi connectivity index (χ1) is 13.8. The number of hydrogen-bond acceptors (Lipinski definition) is 6. The molecule has 7 nitrogen and oxygen atoms in total.